The Bertz CT molecular complexity index is 650. The summed E-state index contributed by atoms with van der Waals surface area (Å²) in [7, 11) is 0. The number of halogens is 2. The third kappa shape index (κ3) is 3.95. The molecule has 0 fully saturated rings. The summed E-state index contributed by atoms with van der Waals surface area (Å²) >= 11 is 3.03. The molecular formula is C15H14BrFN2O2. The van der Waals surface area contributed by atoms with Crippen molar-refractivity contribution in [1.82, 2.24) is 0 Å². The van der Waals surface area contributed by atoms with Crippen molar-refractivity contribution >= 4 is 33.2 Å². The van der Waals surface area contributed by atoms with Crippen LogP contribution in [0.3, 0.4) is 0 Å². The molecule has 2 aromatic rings. The van der Waals surface area contributed by atoms with E-state index in [2.05, 4.69) is 21.2 Å². The number of amides is 1. The molecule has 0 saturated heterocycles. The first-order chi connectivity index (χ1) is 9.97. The Morgan fingerprint density at radius 1 is 1.33 bits per heavy atom. The van der Waals surface area contributed by atoms with Crippen molar-refractivity contribution in [3.63, 3.8) is 0 Å². The summed E-state index contributed by atoms with van der Waals surface area (Å²) in [4.78, 5) is 12.0. The molecule has 0 bridgehead atoms. The van der Waals surface area contributed by atoms with E-state index in [1.807, 2.05) is 18.2 Å². The minimum atomic E-state index is -0.812. The highest BCUT2D eigenvalue weighted by atomic mass is 79.9. The van der Waals surface area contributed by atoms with E-state index in [1.165, 1.54) is 6.07 Å². The molecule has 1 atom stereocenters. The lowest BCUT2D eigenvalue weighted by Gasteiger charge is -2.16. The number of rotatable bonds is 4. The lowest BCUT2D eigenvalue weighted by atomic mass is 10.2. The van der Waals surface area contributed by atoms with Crippen molar-refractivity contribution in [2.24, 2.45) is 0 Å². The minimum Gasteiger partial charge on any atom is -0.479 e. The van der Waals surface area contributed by atoms with Crippen molar-refractivity contribution in [2.45, 2.75) is 13.0 Å². The van der Waals surface area contributed by atoms with E-state index >= 15 is 0 Å². The Morgan fingerprint density at radius 2 is 2.00 bits per heavy atom. The molecule has 0 aliphatic carbocycles. The van der Waals surface area contributed by atoms with Crippen LogP contribution in [0.15, 0.2) is 46.9 Å². The molecule has 0 aliphatic rings. The molecule has 2 rings (SSSR count). The van der Waals surface area contributed by atoms with Gasteiger partial charge in [0.2, 0.25) is 0 Å². The normalized spacial score (nSPS) is 11.8. The van der Waals surface area contributed by atoms with Crippen molar-refractivity contribution < 1.29 is 13.9 Å². The van der Waals surface area contributed by atoms with E-state index in [1.54, 1.807) is 19.1 Å². The van der Waals surface area contributed by atoms with Crippen molar-refractivity contribution in [3.05, 3.63) is 52.8 Å². The average Bonchev–Trinajstić information content (AvgIpc) is 2.45. The molecule has 0 aromatic heterocycles. The average molecular weight is 353 g/mol. The molecule has 1 amide bonds. The summed E-state index contributed by atoms with van der Waals surface area (Å²) in [6.45, 7) is 1.57. The second-order valence-electron chi connectivity index (χ2n) is 4.42. The van der Waals surface area contributed by atoms with Crippen LogP contribution in [0.1, 0.15) is 6.92 Å². The van der Waals surface area contributed by atoms with Crippen LogP contribution in [0.5, 0.6) is 5.75 Å². The van der Waals surface area contributed by atoms with E-state index in [0.29, 0.717) is 5.69 Å². The molecule has 6 heteroatoms. The lowest BCUT2D eigenvalue weighted by molar-refractivity contribution is -0.122. The monoisotopic (exact) mass is 352 g/mol. The fourth-order valence-electron chi connectivity index (χ4n) is 1.66. The van der Waals surface area contributed by atoms with Crippen LogP contribution in [0.25, 0.3) is 0 Å². The first-order valence-corrected chi connectivity index (χ1v) is 7.03. The highest BCUT2D eigenvalue weighted by molar-refractivity contribution is 9.10. The van der Waals surface area contributed by atoms with Crippen LogP contribution >= 0.6 is 15.9 Å². The first kappa shape index (κ1) is 15.3. The van der Waals surface area contributed by atoms with Gasteiger partial charge in [0.1, 0.15) is 11.6 Å². The second-order valence-corrected chi connectivity index (χ2v) is 5.27. The highest BCUT2D eigenvalue weighted by Crippen LogP contribution is 2.29. The van der Waals surface area contributed by atoms with Gasteiger partial charge in [-0.25, -0.2) is 4.39 Å². The van der Waals surface area contributed by atoms with Gasteiger partial charge in [0.05, 0.1) is 10.2 Å². The van der Waals surface area contributed by atoms with E-state index in [0.717, 1.165) is 6.07 Å². The van der Waals surface area contributed by atoms with Crippen LogP contribution in [-0.4, -0.2) is 12.0 Å². The first-order valence-electron chi connectivity index (χ1n) is 6.24. The third-order valence-corrected chi connectivity index (χ3v) is 3.37. The smallest absolute Gasteiger partial charge is 0.265 e. The molecule has 21 heavy (non-hydrogen) atoms. The summed E-state index contributed by atoms with van der Waals surface area (Å²) in [5, 5.41) is 2.70. The lowest BCUT2D eigenvalue weighted by Crippen LogP contribution is -2.30. The SMILES string of the molecule is CC(Oc1cc(F)c(Br)cc1N)C(=O)Nc1ccccc1. The summed E-state index contributed by atoms with van der Waals surface area (Å²) in [5.74, 6) is -0.717. The molecule has 1 unspecified atom stereocenters. The summed E-state index contributed by atoms with van der Waals surface area (Å²) < 4.78 is 19.1. The zero-order chi connectivity index (χ0) is 15.4. The van der Waals surface area contributed by atoms with E-state index in [4.69, 9.17) is 10.5 Å². The second kappa shape index (κ2) is 6.58. The molecule has 0 spiro atoms. The number of benzene rings is 2. The van der Waals surface area contributed by atoms with Gasteiger partial charge in [-0.1, -0.05) is 18.2 Å². The maximum absolute atomic E-state index is 13.5. The van der Waals surface area contributed by atoms with Gasteiger partial charge in [0, 0.05) is 11.8 Å². The Kier molecular flexibility index (Phi) is 4.80. The van der Waals surface area contributed by atoms with Gasteiger partial charge >= 0.3 is 0 Å². The van der Waals surface area contributed by atoms with Gasteiger partial charge in [-0.05, 0) is 41.1 Å². The van der Waals surface area contributed by atoms with Crippen LogP contribution < -0.4 is 15.8 Å². The zero-order valence-corrected chi connectivity index (χ0v) is 12.9. The summed E-state index contributed by atoms with van der Waals surface area (Å²) in [5.41, 5.74) is 6.65. The molecule has 0 saturated carbocycles. The fraction of sp³-hybridized carbons (Fsp3) is 0.133. The maximum atomic E-state index is 13.5. The largest absolute Gasteiger partial charge is 0.479 e. The number of nitrogens with one attached hydrogen (secondary N) is 1. The van der Waals surface area contributed by atoms with Gasteiger partial charge < -0.3 is 15.8 Å². The van der Waals surface area contributed by atoms with E-state index in [9.17, 15) is 9.18 Å². The number of hydrogen-bond donors (Lipinski definition) is 2. The summed E-state index contributed by atoms with van der Waals surface area (Å²) in [6.07, 6.45) is -0.812. The number of carbonyl (C=O) groups excluding carboxylic acids is 1. The number of hydrogen-bond acceptors (Lipinski definition) is 3. The predicted molar refractivity (Wildman–Crippen MR) is 83.7 cm³/mol. The van der Waals surface area contributed by atoms with Crippen LogP contribution in [0, 0.1) is 5.82 Å². The maximum Gasteiger partial charge on any atom is 0.265 e. The van der Waals surface area contributed by atoms with Gasteiger partial charge in [0.25, 0.3) is 5.91 Å². The Labute approximate surface area is 130 Å². The number of ether oxygens (including phenoxy) is 1. The molecule has 0 heterocycles. The molecule has 3 N–H and O–H groups in total. The number of para-hydroxylation sites is 1. The highest BCUT2D eigenvalue weighted by Gasteiger charge is 2.17. The predicted octanol–water partition coefficient (Wildman–Crippen LogP) is 3.58. The van der Waals surface area contributed by atoms with Gasteiger partial charge in [-0.2, -0.15) is 0 Å². The molecule has 0 aliphatic heterocycles. The van der Waals surface area contributed by atoms with E-state index < -0.39 is 11.9 Å². The molecule has 4 nitrogen and oxygen atoms in total. The molecule has 0 radical (unpaired) electrons. The van der Waals surface area contributed by atoms with Crippen molar-refractivity contribution in [2.75, 3.05) is 11.1 Å². The van der Waals surface area contributed by atoms with E-state index in [-0.39, 0.29) is 21.8 Å². The van der Waals surface area contributed by atoms with Gasteiger partial charge in [-0.15, -0.1) is 0 Å². The Hall–Kier alpha value is -2.08. The number of carbonyl (C=O) groups is 1. The molecule has 110 valence electrons. The van der Waals surface area contributed by atoms with Crippen LogP contribution in [-0.2, 0) is 4.79 Å². The minimum absolute atomic E-state index is 0.131. The number of nitrogens with two attached hydrogens (primary N) is 1. The number of nitrogen functional groups attached to an aromatic ring is 1. The quantitative estimate of drug-likeness (QED) is 0.826. The van der Waals surface area contributed by atoms with Crippen LogP contribution in [0.4, 0.5) is 15.8 Å². The molecular weight excluding hydrogens is 339 g/mol. The standard InChI is InChI=1S/C15H14BrFN2O2/c1-9(15(20)19-10-5-3-2-4-6-10)21-14-8-12(17)11(16)7-13(14)18/h2-9H,18H2,1H3,(H,19,20). The number of anilines is 2. The van der Waals surface area contributed by atoms with Crippen molar-refractivity contribution in [3.8, 4) is 5.75 Å². The van der Waals surface area contributed by atoms with Crippen LogP contribution in [0.2, 0.25) is 0 Å². The molecule has 2 aromatic carbocycles. The summed E-state index contributed by atoms with van der Waals surface area (Å²) in [6, 6.07) is 11.5. The van der Waals surface area contributed by atoms with Crippen molar-refractivity contribution in [1.29, 1.82) is 0 Å². The zero-order valence-electron chi connectivity index (χ0n) is 11.3. The van der Waals surface area contributed by atoms with Gasteiger partial charge in [0.15, 0.2) is 6.10 Å². The third-order valence-electron chi connectivity index (χ3n) is 2.77. The topological polar surface area (TPSA) is 64.3 Å². The Morgan fingerprint density at radius 3 is 2.67 bits per heavy atom. The fourth-order valence-corrected chi connectivity index (χ4v) is 2.02. The Balaban J connectivity index is 2.06. The van der Waals surface area contributed by atoms with Gasteiger partial charge in [-0.3, -0.25) is 4.79 Å².